The van der Waals surface area contributed by atoms with E-state index in [1.807, 2.05) is 81.4 Å². The quantitative estimate of drug-likeness (QED) is 0.0628. The Hall–Kier alpha value is -6.38. The van der Waals surface area contributed by atoms with E-state index in [4.69, 9.17) is 10.5 Å². The van der Waals surface area contributed by atoms with Crippen molar-refractivity contribution in [3.05, 3.63) is 93.9 Å². The first-order valence-corrected chi connectivity index (χ1v) is 27.1. The highest BCUT2D eigenvalue weighted by atomic mass is 32.1. The molecule has 76 heavy (non-hydrogen) atoms. The monoisotopic (exact) mass is 1070 g/mol. The summed E-state index contributed by atoms with van der Waals surface area (Å²) in [6.07, 6.45) is -2.51. The number of aliphatic hydroxyl groups is 1. The Labute approximate surface area is 446 Å². The van der Waals surface area contributed by atoms with Crippen LogP contribution in [0.1, 0.15) is 125 Å². The molecule has 20 heteroatoms. The maximum atomic E-state index is 14.3. The minimum Gasteiger partial charge on any atom is -0.496 e. The number of piperidine rings is 2. The van der Waals surface area contributed by atoms with Crippen LogP contribution in [0.15, 0.2) is 60.1 Å². The number of thiazole rings is 1. The van der Waals surface area contributed by atoms with E-state index >= 15 is 0 Å². The summed E-state index contributed by atoms with van der Waals surface area (Å²) >= 11 is 1.57. The van der Waals surface area contributed by atoms with E-state index in [-0.39, 0.29) is 60.7 Å². The highest BCUT2D eigenvalue weighted by molar-refractivity contribution is 7.13. The second kappa shape index (κ2) is 23.1. The van der Waals surface area contributed by atoms with Gasteiger partial charge in [-0.15, -0.1) is 11.3 Å². The number of hydrogen-bond acceptors (Lipinski definition) is 13. The number of amides is 4. The van der Waals surface area contributed by atoms with Gasteiger partial charge in [-0.1, -0.05) is 45.0 Å². The van der Waals surface area contributed by atoms with E-state index in [2.05, 4.69) is 35.8 Å². The number of benzene rings is 3. The molecule has 3 saturated heterocycles. The third kappa shape index (κ3) is 12.9. The summed E-state index contributed by atoms with van der Waals surface area (Å²) in [7, 11) is 1.61. The van der Waals surface area contributed by atoms with Gasteiger partial charge in [-0.3, -0.25) is 19.2 Å². The van der Waals surface area contributed by atoms with Crippen LogP contribution in [-0.2, 0) is 25.4 Å². The normalized spacial score (nSPS) is 19.3. The summed E-state index contributed by atoms with van der Waals surface area (Å²) in [6.45, 7) is 15.8. The van der Waals surface area contributed by atoms with Crippen molar-refractivity contribution in [2.45, 2.75) is 129 Å². The number of β-amino-alcohol motifs (C(OH)–C–C–N with tert-alkyl or cyclic N) is 1. The van der Waals surface area contributed by atoms with Crippen LogP contribution in [0.2, 0.25) is 0 Å². The zero-order valence-corrected chi connectivity index (χ0v) is 45.4. The number of nitrogens with one attached hydrogen (secondary N) is 3. The smallest absolute Gasteiger partial charge is 0.416 e. The first kappa shape index (κ1) is 55.8. The van der Waals surface area contributed by atoms with Crippen molar-refractivity contribution in [3.8, 4) is 16.2 Å². The van der Waals surface area contributed by atoms with Crippen molar-refractivity contribution >= 4 is 57.4 Å². The number of likely N-dealkylation sites (tertiary alicyclic amines) is 3. The molecule has 5 atom stereocenters. The van der Waals surface area contributed by atoms with Gasteiger partial charge in [0.2, 0.25) is 23.6 Å². The second-order valence-corrected chi connectivity index (χ2v) is 22.7. The van der Waals surface area contributed by atoms with Crippen LogP contribution < -0.4 is 26.4 Å². The summed E-state index contributed by atoms with van der Waals surface area (Å²) in [5.74, 6) is 0.560. The lowest BCUT2D eigenvalue weighted by atomic mass is 9.85. The number of carbonyl (C=O) groups excluding carboxylic acids is 4. The number of nitrogen functional groups attached to an aromatic ring is 1. The van der Waals surface area contributed by atoms with Crippen molar-refractivity contribution in [2.75, 3.05) is 57.4 Å². The molecule has 8 rings (SSSR count). The van der Waals surface area contributed by atoms with Gasteiger partial charge in [0.25, 0.3) is 0 Å². The van der Waals surface area contributed by atoms with Gasteiger partial charge in [-0.2, -0.15) is 13.2 Å². The van der Waals surface area contributed by atoms with E-state index < -0.39 is 47.3 Å². The van der Waals surface area contributed by atoms with Crippen molar-refractivity contribution in [1.82, 2.24) is 40.3 Å². The first-order chi connectivity index (χ1) is 36.0. The molecule has 0 unspecified atom stereocenters. The third-order valence-corrected chi connectivity index (χ3v) is 16.2. The first-order valence-electron chi connectivity index (χ1n) is 26.2. The molecule has 4 amide bonds. The zero-order valence-electron chi connectivity index (χ0n) is 44.6. The predicted molar refractivity (Wildman–Crippen MR) is 287 cm³/mol. The number of hydrogen-bond donors (Lipinski definition) is 5. The minimum atomic E-state index is -4.55. The van der Waals surface area contributed by atoms with Crippen molar-refractivity contribution in [3.63, 3.8) is 0 Å². The Morgan fingerprint density at radius 1 is 0.895 bits per heavy atom. The lowest BCUT2D eigenvalue weighted by Gasteiger charge is -2.38. The molecule has 0 spiro atoms. The predicted octanol–water partition coefficient (Wildman–Crippen LogP) is 8.33. The minimum absolute atomic E-state index is 0.0110. The highest BCUT2D eigenvalue weighted by Crippen LogP contribution is 2.40. The van der Waals surface area contributed by atoms with Crippen LogP contribution in [0.5, 0.6) is 5.75 Å². The van der Waals surface area contributed by atoms with Crippen molar-refractivity contribution < 1.29 is 42.2 Å². The van der Waals surface area contributed by atoms with Crippen molar-refractivity contribution in [1.29, 1.82) is 0 Å². The molecule has 16 nitrogen and oxygen atoms in total. The number of halogens is 3. The molecule has 3 aliphatic rings. The van der Waals surface area contributed by atoms with Crippen LogP contribution in [-0.4, -0.2) is 123 Å². The summed E-state index contributed by atoms with van der Waals surface area (Å²) < 4.78 is 46.9. The van der Waals surface area contributed by atoms with Gasteiger partial charge in [0.15, 0.2) is 0 Å². The third-order valence-electron chi connectivity index (χ3n) is 15.2. The SMILES string of the molecule is COc1cc2nc(C)nc(N[C@H](C)c3cc(N)cc(C(F)(F)F)c3)c2cc1C1CCN(C(=O)C2CCN(CCC(=O)N[C@H](C(=O)N3C[C@H](O)C[C@H]3C(=O)N[C@@H](C)c3ccc(-c4scnc4C)cc3)C(C)(C)C)CC2)CC1. The molecule has 3 fully saturated rings. The molecule has 408 valence electrons. The molecule has 5 aromatic rings. The number of rotatable bonds is 15. The van der Waals surface area contributed by atoms with Gasteiger partial charge in [0.1, 0.15) is 29.5 Å². The largest absolute Gasteiger partial charge is 0.496 e. The zero-order chi connectivity index (χ0) is 54.8. The molecular weight excluding hydrogens is 998 g/mol. The van der Waals surface area contributed by atoms with Gasteiger partial charge in [-0.25, -0.2) is 15.0 Å². The van der Waals surface area contributed by atoms with Gasteiger partial charge < -0.3 is 46.2 Å². The van der Waals surface area contributed by atoms with E-state index in [0.29, 0.717) is 92.3 Å². The molecule has 0 saturated carbocycles. The number of methoxy groups -OCH3 is 1. The van der Waals surface area contributed by atoms with Crippen LogP contribution >= 0.6 is 11.3 Å². The van der Waals surface area contributed by atoms with E-state index in [1.54, 1.807) is 32.3 Å². The van der Waals surface area contributed by atoms with E-state index in [0.717, 1.165) is 39.4 Å². The highest BCUT2D eigenvalue weighted by Gasteiger charge is 2.45. The average molecular weight is 1070 g/mol. The maximum absolute atomic E-state index is 14.3. The van der Waals surface area contributed by atoms with Gasteiger partial charge >= 0.3 is 6.18 Å². The topological polar surface area (TPSA) is 208 Å². The number of nitrogens with two attached hydrogens (primary N) is 1. The molecule has 3 aromatic carbocycles. The molecule has 0 radical (unpaired) electrons. The number of aliphatic hydroxyl groups excluding tert-OH is 1. The number of fused-ring (bicyclic) bond motifs is 1. The Balaban J connectivity index is 0.818. The molecule has 6 N–H and O–H groups in total. The van der Waals surface area contributed by atoms with E-state index in [9.17, 15) is 37.5 Å². The number of nitrogens with zero attached hydrogens (tertiary/aromatic N) is 6. The fourth-order valence-corrected chi connectivity index (χ4v) is 11.7. The fourth-order valence-electron chi connectivity index (χ4n) is 10.9. The number of ether oxygens (including phenoxy) is 1. The average Bonchev–Trinajstić information content (AvgIpc) is 4.01. The summed E-state index contributed by atoms with van der Waals surface area (Å²) in [5, 5.41) is 20.8. The lowest BCUT2D eigenvalue weighted by molar-refractivity contribution is -0.144. The molecule has 0 bridgehead atoms. The summed E-state index contributed by atoms with van der Waals surface area (Å²) in [6, 6.07) is 12.5. The number of alkyl halides is 3. The number of aryl methyl sites for hydroxylation is 2. The van der Waals surface area contributed by atoms with Crippen LogP contribution in [0, 0.1) is 25.2 Å². The number of carbonyl (C=O) groups is 4. The molecule has 0 aliphatic carbocycles. The second-order valence-electron chi connectivity index (χ2n) is 21.8. The molecular formula is C56H71F3N10O6S. The lowest BCUT2D eigenvalue weighted by Crippen LogP contribution is -2.58. The van der Waals surface area contributed by atoms with Crippen LogP contribution in [0.25, 0.3) is 21.3 Å². The van der Waals surface area contributed by atoms with Crippen LogP contribution in [0.3, 0.4) is 0 Å². The summed E-state index contributed by atoms with van der Waals surface area (Å²) in [5.41, 5.74) is 11.0. The van der Waals surface area contributed by atoms with Crippen molar-refractivity contribution in [2.24, 2.45) is 11.3 Å². The fraction of sp³-hybridized carbons (Fsp3) is 0.518. The Kier molecular flexibility index (Phi) is 17.0. The van der Waals surface area contributed by atoms with Gasteiger partial charge in [0, 0.05) is 62.1 Å². The van der Waals surface area contributed by atoms with Gasteiger partial charge in [-0.05, 0) is 124 Å². The Morgan fingerprint density at radius 2 is 1.59 bits per heavy atom. The Bertz CT molecular complexity index is 2910. The van der Waals surface area contributed by atoms with Gasteiger partial charge in [0.05, 0.1) is 52.5 Å². The number of aromatic nitrogens is 3. The van der Waals surface area contributed by atoms with Crippen LogP contribution in [0.4, 0.5) is 24.7 Å². The maximum Gasteiger partial charge on any atom is 0.416 e. The number of anilines is 2. The molecule has 2 aromatic heterocycles. The molecule has 5 heterocycles. The Morgan fingerprint density at radius 3 is 2.22 bits per heavy atom. The summed E-state index contributed by atoms with van der Waals surface area (Å²) in [4.78, 5) is 75.9. The standard InChI is InChI=1S/C56H71F3N10O6S/c1-31(35-9-11-37(12-10-35)49-33(3)61-30-76-49)63-52(72)46-26-42(70)29-69(46)54(74)50(55(5,6)7)66-48(71)17-20-67-18-13-38(14-19-67)53(73)68-21-15-36(16-22-68)43-27-44-45(28-47(43)75-8)64-34(4)65-51(44)62-32(2)39-23-40(56(57,58)59)25-41(60)24-39/h9-12,23-25,27-28,30-32,36,38,42,46,50,70H,13-22,26,29,60H2,1-8H3,(H,63,72)(H,66,71)(H,62,64,65)/t31-,32+,42+,46-,50+/m0/s1. The molecule has 3 aliphatic heterocycles. The van der Waals surface area contributed by atoms with E-state index in [1.165, 1.54) is 11.0 Å².